The Labute approximate surface area is 82.8 Å². The summed E-state index contributed by atoms with van der Waals surface area (Å²) in [5.74, 6) is -0.599. The van der Waals surface area contributed by atoms with Crippen LogP contribution in [0.4, 0.5) is 9.18 Å². The fourth-order valence-electron chi connectivity index (χ4n) is 0.624. The van der Waals surface area contributed by atoms with E-state index in [1.165, 1.54) is 0 Å². The molecule has 0 aliphatic carbocycles. The molecule has 0 aromatic carbocycles. The molecule has 0 heterocycles. The summed E-state index contributed by atoms with van der Waals surface area (Å²) in [6.07, 6.45) is 0.0469. The minimum absolute atomic E-state index is 0.115. The van der Waals surface area contributed by atoms with Gasteiger partial charge in [-0.3, -0.25) is 5.32 Å². The zero-order valence-corrected chi connectivity index (χ0v) is 8.63. The summed E-state index contributed by atoms with van der Waals surface area (Å²) >= 11 is 0. The first-order chi connectivity index (χ1) is 6.35. The topological polar surface area (TPSA) is 58.6 Å². The minimum Gasteiger partial charge on any atom is -0.444 e. The average molecular weight is 205 g/mol. The maximum Gasteiger partial charge on any atom is 0.411 e. The van der Waals surface area contributed by atoms with Crippen molar-refractivity contribution in [1.29, 1.82) is 0 Å². The zero-order chi connectivity index (χ0) is 11.2. The smallest absolute Gasteiger partial charge is 0.411 e. The molecular formula is C9H16FNO3. The van der Waals surface area contributed by atoms with Crippen molar-refractivity contribution in [2.24, 2.45) is 0 Å². The number of hydrogen-bond donors (Lipinski definition) is 2. The van der Waals surface area contributed by atoms with Gasteiger partial charge in [0.2, 0.25) is 0 Å². The number of aliphatic hydroxyl groups is 1. The molecule has 0 spiro atoms. The van der Waals surface area contributed by atoms with Crippen LogP contribution in [0.2, 0.25) is 0 Å². The summed E-state index contributed by atoms with van der Waals surface area (Å²) in [5.41, 5.74) is -0.606. The molecule has 14 heavy (non-hydrogen) atoms. The fraction of sp³-hybridized carbons (Fsp3) is 0.667. The molecule has 1 amide bonds. The molecule has 0 aromatic heterocycles. The maximum atomic E-state index is 12.6. The van der Waals surface area contributed by atoms with Crippen molar-refractivity contribution < 1.29 is 19.0 Å². The molecule has 0 unspecified atom stereocenters. The van der Waals surface area contributed by atoms with Crippen LogP contribution < -0.4 is 5.32 Å². The molecule has 0 rings (SSSR count). The van der Waals surface area contributed by atoms with Gasteiger partial charge in [0, 0.05) is 19.2 Å². The SMILES string of the molecule is CC(C)(C)OC(=O)NC=C(F)CCO. The van der Waals surface area contributed by atoms with Crippen molar-refractivity contribution >= 4 is 6.09 Å². The third-order valence-electron chi connectivity index (χ3n) is 1.10. The molecule has 0 bridgehead atoms. The Morgan fingerprint density at radius 1 is 1.57 bits per heavy atom. The number of rotatable bonds is 3. The highest BCUT2D eigenvalue weighted by atomic mass is 19.1. The lowest BCUT2D eigenvalue weighted by molar-refractivity contribution is 0.0550. The van der Waals surface area contributed by atoms with Crippen LogP contribution >= 0.6 is 0 Å². The third kappa shape index (κ3) is 7.54. The second kappa shape index (κ2) is 5.59. The second-order valence-corrected chi connectivity index (χ2v) is 3.71. The van der Waals surface area contributed by atoms with Crippen LogP contribution in [0, 0.1) is 0 Å². The number of carbonyl (C=O) groups excluding carboxylic acids is 1. The van der Waals surface area contributed by atoms with Gasteiger partial charge in [-0.25, -0.2) is 9.18 Å². The Morgan fingerprint density at radius 2 is 2.14 bits per heavy atom. The van der Waals surface area contributed by atoms with Crippen molar-refractivity contribution in [3.05, 3.63) is 12.0 Å². The van der Waals surface area contributed by atoms with Gasteiger partial charge in [0.25, 0.3) is 0 Å². The normalized spacial score (nSPS) is 12.5. The molecule has 0 aromatic rings. The molecule has 82 valence electrons. The van der Waals surface area contributed by atoms with Crippen LogP contribution in [-0.4, -0.2) is 23.4 Å². The van der Waals surface area contributed by atoms with Crippen molar-refractivity contribution in [2.75, 3.05) is 6.61 Å². The highest BCUT2D eigenvalue weighted by Crippen LogP contribution is 2.06. The molecule has 0 atom stereocenters. The average Bonchev–Trinajstić information content (AvgIpc) is 1.98. The number of halogens is 1. The second-order valence-electron chi connectivity index (χ2n) is 3.71. The van der Waals surface area contributed by atoms with Gasteiger partial charge in [-0.15, -0.1) is 0 Å². The fourth-order valence-corrected chi connectivity index (χ4v) is 0.624. The quantitative estimate of drug-likeness (QED) is 0.737. The van der Waals surface area contributed by atoms with E-state index in [4.69, 9.17) is 9.84 Å². The Hall–Kier alpha value is -1.10. The first-order valence-corrected chi connectivity index (χ1v) is 4.30. The molecule has 0 fully saturated rings. The van der Waals surface area contributed by atoms with E-state index < -0.39 is 17.5 Å². The Bertz CT molecular complexity index is 221. The van der Waals surface area contributed by atoms with Crippen LogP contribution in [0.3, 0.4) is 0 Å². The van der Waals surface area contributed by atoms with Gasteiger partial charge in [0.15, 0.2) is 0 Å². The standard InChI is InChI=1S/C9H16FNO3/c1-9(2,3)14-8(13)11-6-7(10)4-5-12/h6,12H,4-5H2,1-3H3,(H,11,13). The molecular weight excluding hydrogens is 189 g/mol. The van der Waals surface area contributed by atoms with Gasteiger partial charge in [-0.2, -0.15) is 0 Å². The summed E-state index contributed by atoms with van der Waals surface area (Å²) in [4.78, 5) is 11.0. The lowest BCUT2D eigenvalue weighted by Crippen LogP contribution is -2.29. The molecule has 5 heteroatoms. The van der Waals surface area contributed by atoms with Gasteiger partial charge < -0.3 is 9.84 Å². The van der Waals surface area contributed by atoms with E-state index in [0.29, 0.717) is 0 Å². The lowest BCUT2D eigenvalue weighted by Gasteiger charge is -2.18. The largest absolute Gasteiger partial charge is 0.444 e. The molecule has 0 aliphatic heterocycles. The summed E-state index contributed by atoms with van der Waals surface area (Å²) in [5, 5.41) is 10.5. The zero-order valence-electron chi connectivity index (χ0n) is 8.63. The molecule has 0 saturated carbocycles. The van der Waals surface area contributed by atoms with Gasteiger partial charge in [0.05, 0.1) is 0 Å². The first-order valence-electron chi connectivity index (χ1n) is 4.30. The van der Waals surface area contributed by atoms with E-state index >= 15 is 0 Å². The monoisotopic (exact) mass is 205 g/mol. The Balaban J connectivity index is 3.90. The highest BCUT2D eigenvalue weighted by molar-refractivity contribution is 5.68. The van der Waals surface area contributed by atoms with E-state index in [2.05, 4.69) is 5.32 Å². The molecule has 2 N–H and O–H groups in total. The molecule has 0 saturated heterocycles. The van der Waals surface area contributed by atoms with Gasteiger partial charge in [-0.1, -0.05) is 0 Å². The number of alkyl carbamates (subject to hydrolysis) is 1. The lowest BCUT2D eigenvalue weighted by atomic mass is 10.2. The van der Waals surface area contributed by atoms with E-state index in [1.807, 2.05) is 0 Å². The predicted octanol–water partition coefficient (Wildman–Crippen LogP) is 1.70. The Kier molecular flexibility index (Phi) is 5.15. The van der Waals surface area contributed by atoms with Crippen LogP contribution in [0.15, 0.2) is 12.0 Å². The van der Waals surface area contributed by atoms with Crippen molar-refractivity contribution in [3.63, 3.8) is 0 Å². The highest BCUT2D eigenvalue weighted by Gasteiger charge is 2.15. The van der Waals surface area contributed by atoms with Crippen LogP contribution in [0.1, 0.15) is 27.2 Å². The number of carbonyl (C=O) groups is 1. The van der Waals surface area contributed by atoms with Crippen molar-refractivity contribution in [1.82, 2.24) is 5.32 Å². The van der Waals surface area contributed by atoms with Crippen LogP contribution in [0.5, 0.6) is 0 Å². The third-order valence-corrected chi connectivity index (χ3v) is 1.10. The van der Waals surface area contributed by atoms with Crippen molar-refractivity contribution in [3.8, 4) is 0 Å². The van der Waals surface area contributed by atoms with E-state index in [0.717, 1.165) is 6.20 Å². The van der Waals surface area contributed by atoms with Gasteiger partial charge in [-0.05, 0) is 20.8 Å². The number of aliphatic hydroxyl groups excluding tert-OH is 1. The summed E-state index contributed by atoms with van der Waals surface area (Å²) in [6, 6.07) is 0. The minimum atomic E-state index is -0.717. The van der Waals surface area contributed by atoms with Crippen LogP contribution in [0.25, 0.3) is 0 Å². The number of amides is 1. The first kappa shape index (κ1) is 12.9. The number of nitrogens with one attached hydrogen (secondary N) is 1. The number of hydrogen-bond acceptors (Lipinski definition) is 3. The maximum absolute atomic E-state index is 12.6. The van der Waals surface area contributed by atoms with E-state index in [9.17, 15) is 9.18 Å². The summed E-state index contributed by atoms with van der Waals surface area (Å²) in [6.45, 7) is 4.83. The van der Waals surface area contributed by atoms with Gasteiger partial charge >= 0.3 is 6.09 Å². The summed E-state index contributed by atoms with van der Waals surface area (Å²) < 4.78 is 17.5. The van der Waals surface area contributed by atoms with E-state index in [-0.39, 0.29) is 13.0 Å². The summed E-state index contributed by atoms with van der Waals surface area (Å²) in [7, 11) is 0. The van der Waals surface area contributed by atoms with Gasteiger partial charge in [0.1, 0.15) is 11.4 Å². The molecule has 0 aliphatic rings. The molecule has 0 radical (unpaired) electrons. The van der Waals surface area contributed by atoms with Crippen molar-refractivity contribution in [2.45, 2.75) is 32.8 Å². The predicted molar refractivity (Wildman–Crippen MR) is 50.3 cm³/mol. The molecule has 4 nitrogen and oxygen atoms in total. The Morgan fingerprint density at radius 3 is 2.57 bits per heavy atom. The van der Waals surface area contributed by atoms with Crippen LogP contribution in [-0.2, 0) is 4.74 Å². The van der Waals surface area contributed by atoms with E-state index in [1.54, 1.807) is 20.8 Å². The number of ether oxygens (including phenoxy) is 1.